The maximum atomic E-state index is 11.7. The third-order valence-corrected chi connectivity index (χ3v) is 4.03. The van der Waals surface area contributed by atoms with E-state index in [9.17, 15) is 9.59 Å². The van der Waals surface area contributed by atoms with E-state index in [4.69, 9.17) is 4.74 Å². The normalized spacial score (nSPS) is 10.6. The van der Waals surface area contributed by atoms with E-state index in [1.54, 1.807) is 42.1 Å². The van der Waals surface area contributed by atoms with Crippen molar-refractivity contribution in [3.63, 3.8) is 0 Å². The van der Waals surface area contributed by atoms with Gasteiger partial charge in [0.25, 0.3) is 0 Å². The highest BCUT2D eigenvalue weighted by Crippen LogP contribution is 2.15. The van der Waals surface area contributed by atoms with Gasteiger partial charge in [0.1, 0.15) is 6.61 Å². The number of carbonyl (C=O) groups excluding carboxylic acids is 2. The van der Waals surface area contributed by atoms with Gasteiger partial charge in [-0.25, -0.2) is 9.59 Å². The van der Waals surface area contributed by atoms with Crippen molar-refractivity contribution in [2.75, 3.05) is 13.4 Å². The van der Waals surface area contributed by atoms with Gasteiger partial charge in [-0.05, 0) is 47.7 Å². The van der Waals surface area contributed by atoms with Crippen LogP contribution in [0.1, 0.15) is 21.5 Å². The third-order valence-electron chi connectivity index (χ3n) is 3.28. The largest absolute Gasteiger partial charge is 0.465 e. The minimum Gasteiger partial charge on any atom is -0.465 e. The van der Waals surface area contributed by atoms with E-state index < -0.39 is 11.9 Å². The number of ether oxygens (including phenoxy) is 2. The topological polar surface area (TPSA) is 52.6 Å². The summed E-state index contributed by atoms with van der Waals surface area (Å²) in [5, 5.41) is 0. The van der Waals surface area contributed by atoms with Crippen LogP contribution in [0.3, 0.4) is 0 Å². The van der Waals surface area contributed by atoms with E-state index in [0.717, 1.165) is 11.1 Å². The molecule has 0 radical (unpaired) electrons. The van der Waals surface area contributed by atoms with E-state index in [1.165, 1.54) is 18.1 Å². The van der Waals surface area contributed by atoms with Gasteiger partial charge in [-0.15, -0.1) is 11.8 Å². The first-order valence-corrected chi connectivity index (χ1v) is 8.51. The van der Waals surface area contributed by atoms with Gasteiger partial charge in [0.05, 0.1) is 12.7 Å². The molecule has 0 aliphatic rings. The summed E-state index contributed by atoms with van der Waals surface area (Å²) in [6.07, 6.45) is 5.13. The average molecular weight is 342 g/mol. The summed E-state index contributed by atoms with van der Waals surface area (Å²) in [6.45, 7) is 0.149. The predicted molar refractivity (Wildman–Crippen MR) is 94.8 cm³/mol. The Hall–Kier alpha value is -2.53. The van der Waals surface area contributed by atoms with Gasteiger partial charge in [0, 0.05) is 11.0 Å². The van der Waals surface area contributed by atoms with Crippen molar-refractivity contribution in [2.24, 2.45) is 0 Å². The molecule has 0 bridgehead atoms. The number of esters is 2. The van der Waals surface area contributed by atoms with E-state index in [1.807, 2.05) is 30.5 Å². The molecule has 2 aromatic rings. The molecule has 124 valence electrons. The summed E-state index contributed by atoms with van der Waals surface area (Å²) in [4.78, 5) is 24.3. The second-order valence-corrected chi connectivity index (χ2v) is 5.78. The standard InChI is InChI=1S/C19H18O4S/c1-22-19(21)16-8-3-15(4-9-16)13-23-18(20)12-7-14-5-10-17(24-2)11-6-14/h3-12H,13H2,1-2H3/b12-7+. The van der Waals surface area contributed by atoms with E-state index in [-0.39, 0.29) is 6.61 Å². The van der Waals surface area contributed by atoms with Gasteiger partial charge in [0.15, 0.2) is 0 Å². The number of rotatable bonds is 6. The zero-order valence-corrected chi connectivity index (χ0v) is 14.3. The highest BCUT2D eigenvalue weighted by molar-refractivity contribution is 7.98. The van der Waals surface area contributed by atoms with Crippen LogP contribution in [0, 0.1) is 0 Å². The van der Waals surface area contributed by atoms with Crippen LogP contribution >= 0.6 is 11.8 Å². The van der Waals surface area contributed by atoms with Crippen LogP contribution in [-0.4, -0.2) is 25.3 Å². The van der Waals surface area contributed by atoms with Crippen LogP contribution in [0.25, 0.3) is 6.08 Å². The molecular weight excluding hydrogens is 324 g/mol. The maximum absolute atomic E-state index is 11.7. The lowest BCUT2D eigenvalue weighted by molar-refractivity contribution is -0.138. The van der Waals surface area contributed by atoms with Crippen LogP contribution in [0.4, 0.5) is 0 Å². The molecule has 2 rings (SSSR count). The molecule has 2 aromatic carbocycles. The molecule has 0 aliphatic carbocycles. The van der Waals surface area contributed by atoms with Crippen molar-refractivity contribution in [3.8, 4) is 0 Å². The predicted octanol–water partition coefficient (Wildman–Crippen LogP) is 3.95. The fraction of sp³-hybridized carbons (Fsp3) is 0.158. The molecule has 0 atom stereocenters. The van der Waals surface area contributed by atoms with Gasteiger partial charge < -0.3 is 9.47 Å². The molecule has 0 saturated carbocycles. The molecule has 0 heterocycles. The van der Waals surface area contributed by atoms with E-state index in [2.05, 4.69) is 4.74 Å². The number of benzene rings is 2. The second-order valence-electron chi connectivity index (χ2n) is 4.90. The van der Waals surface area contributed by atoms with Gasteiger partial charge in [0.2, 0.25) is 0 Å². The SMILES string of the molecule is COC(=O)c1ccc(COC(=O)/C=C/c2ccc(SC)cc2)cc1. The molecule has 0 amide bonds. The minimum absolute atomic E-state index is 0.149. The zero-order valence-electron chi connectivity index (χ0n) is 13.5. The van der Waals surface area contributed by atoms with Gasteiger partial charge in [-0.2, -0.15) is 0 Å². The van der Waals surface area contributed by atoms with Crippen molar-refractivity contribution in [3.05, 3.63) is 71.3 Å². The molecule has 0 N–H and O–H groups in total. The second kappa shape index (κ2) is 8.93. The Balaban J connectivity index is 1.86. The Morgan fingerprint density at radius 1 is 1.04 bits per heavy atom. The highest BCUT2D eigenvalue weighted by atomic mass is 32.2. The molecule has 0 aliphatic heterocycles. The Kier molecular flexibility index (Phi) is 6.63. The van der Waals surface area contributed by atoms with Crippen molar-refractivity contribution >= 4 is 29.8 Å². The molecule has 4 nitrogen and oxygen atoms in total. The summed E-state index contributed by atoms with van der Waals surface area (Å²) in [7, 11) is 1.33. The Bertz CT molecular complexity index is 718. The van der Waals surface area contributed by atoms with E-state index in [0.29, 0.717) is 5.56 Å². The molecular formula is C19H18O4S. The van der Waals surface area contributed by atoms with Gasteiger partial charge >= 0.3 is 11.9 Å². The number of carbonyl (C=O) groups is 2. The van der Waals surface area contributed by atoms with Crippen molar-refractivity contribution in [1.82, 2.24) is 0 Å². The lowest BCUT2D eigenvalue weighted by atomic mass is 10.1. The monoisotopic (exact) mass is 342 g/mol. The maximum Gasteiger partial charge on any atom is 0.337 e. The molecule has 5 heteroatoms. The van der Waals surface area contributed by atoms with Gasteiger partial charge in [-0.1, -0.05) is 24.3 Å². The first-order chi connectivity index (χ1) is 11.6. The van der Waals surface area contributed by atoms with E-state index >= 15 is 0 Å². The summed E-state index contributed by atoms with van der Waals surface area (Å²) < 4.78 is 9.80. The molecule has 0 spiro atoms. The Morgan fingerprint density at radius 2 is 1.71 bits per heavy atom. The fourth-order valence-corrected chi connectivity index (χ4v) is 2.35. The van der Waals surface area contributed by atoms with Crippen LogP contribution in [-0.2, 0) is 20.9 Å². The number of thioether (sulfide) groups is 1. The highest BCUT2D eigenvalue weighted by Gasteiger charge is 2.05. The van der Waals surface area contributed by atoms with Crippen LogP contribution < -0.4 is 0 Å². The summed E-state index contributed by atoms with van der Waals surface area (Å²) in [5.74, 6) is -0.810. The number of methoxy groups -OCH3 is 1. The number of hydrogen-bond donors (Lipinski definition) is 0. The van der Waals surface area contributed by atoms with Crippen molar-refractivity contribution in [1.29, 1.82) is 0 Å². The number of hydrogen-bond acceptors (Lipinski definition) is 5. The summed E-state index contributed by atoms with van der Waals surface area (Å²) >= 11 is 1.67. The van der Waals surface area contributed by atoms with Crippen molar-refractivity contribution < 1.29 is 19.1 Å². The summed E-state index contributed by atoms with van der Waals surface area (Å²) in [6, 6.07) is 14.6. The molecule has 0 unspecified atom stereocenters. The lowest BCUT2D eigenvalue weighted by Gasteiger charge is -2.04. The van der Waals surface area contributed by atoms with Crippen LogP contribution in [0.15, 0.2) is 59.5 Å². The van der Waals surface area contributed by atoms with Gasteiger partial charge in [-0.3, -0.25) is 0 Å². The first-order valence-electron chi connectivity index (χ1n) is 7.28. The molecule has 0 aromatic heterocycles. The lowest BCUT2D eigenvalue weighted by Crippen LogP contribution is -2.03. The molecule has 0 fully saturated rings. The molecule has 0 saturated heterocycles. The van der Waals surface area contributed by atoms with Crippen LogP contribution in [0.2, 0.25) is 0 Å². The van der Waals surface area contributed by atoms with Crippen molar-refractivity contribution in [2.45, 2.75) is 11.5 Å². The average Bonchev–Trinajstić information content (AvgIpc) is 2.64. The zero-order chi connectivity index (χ0) is 17.4. The Morgan fingerprint density at radius 3 is 2.29 bits per heavy atom. The Labute approximate surface area is 145 Å². The third kappa shape index (κ3) is 5.28. The molecule has 24 heavy (non-hydrogen) atoms. The minimum atomic E-state index is -0.416. The summed E-state index contributed by atoms with van der Waals surface area (Å²) in [5.41, 5.74) is 2.20. The smallest absolute Gasteiger partial charge is 0.337 e. The van der Waals surface area contributed by atoms with Crippen LogP contribution in [0.5, 0.6) is 0 Å². The quantitative estimate of drug-likeness (QED) is 0.452. The fourth-order valence-electron chi connectivity index (χ4n) is 1.94. The first kappa shape index (κ1) is 17.8.